The van der Waals surface area contributed by atoms with Crippen molar-refractivity contribution in [3.63, 3.8) is 0 Å². The molecule has 3 aromatic rings. The van der Waals surface area contributed by atoms with E-state index in [1.165, 1.54) is 12.1 Å². The van der Waals surface area contributed by atoms with E-state index in [0.29, 0.717) is 31.9 Å². The second kappa shape index (κ2) is 8.90. The average molecular weight is 406 g/mol. The lowest BCUT2D eigenvalue weighted by atomic mass is 10.1. The molecule has 154 valence electrons. The van der Waals surface area contributed by atoms with E-state index < -0.39 is 6.10 Å². The van der Waals surface area contributed by atoms with Gasteiger partial charge in [-0.2, -0.15) is 0 Å². The normalized spacial score (nSPS) is 15.0. The van der Waals surface area contributed by atoms with Gasteiger partial charge in [0.15, 0.2) is 11.9 Å². The third-order valence-corrected chi connectivity index (χ3v) is 5.09. The fourth-order valence-corrected chi connectivity index (χ4v) is 3.46. The molecule has 0 spiro atoms. The molecule has 0 bridgehead atoms. The highest BCUT2D eigenvalue weighted by molar-refractivity contribution is 5.81. The SMILES string of the molecule is CC(Oc1cccc(F)c1)C(=O)N1CCN(c2ccc(-c3ccccc3)nn2)CC1. The first-order chi connectivity index (χ1) is 14.6. The lowest BCUT2D eigenvalue weighted by Crippen LogP contribution is -2.52. The maximum Gasteiger partial charge on any atom is 0.263 e. The number of nitrogens with zero attached hydrogens (tertiary/aromatic N) is 4. The Morgan fingerprint density at radius 3 is 2.40 bits per heavy atom. The molecule has 4 rings (SSSR count). The van der Waals surface area contributed by atoms with E-state index in [1.54, 1.807) is 24.0 Å². The van der Waals surface area contributed by atoms with Crippen molar-refractivity contribution in [2.75, 3.05) is 31.1 Å². The molecular formula is C23H23FN4O2. The van der Waals surface area contributed by atoms with Crippen LogP contribution >= 0.6 is 0 Å². The number of hydrogen-bond acceptors (Lipinski definition) is 5. The molecule has 1 saturated heterocycles. The Bertz CT molecular complexity index is 990. The molecule has 1 fully saturated rings. The standard InChI is InChI=1S/C23H23FN4O2/c1-17(30-20-9-5-8-19(24)16-20)23(29)28-14-12-27(13-15-28)22-11-10-21(25-26-22)18-6-3-2-4-7-18/h2-11,16-17H,12-15H2,1H3. The van der Waals surface area contributed by atoms with Crippen LogP contribution in [-0.2, 0) is 4.79 Å². The van der Waals surface area contributed by atoms with Crippen molar-refractivity contribution < 1.29 is 13.9 Å². The Balaban J connectivity index is 1.32. The van der Waals surface area contributed by atoms with Crippen LogP contribution in [0.4, 0.5) is 10.2 Å². The van der Waals surface area contributed by atoms with E-state index >= 15 is 0 Å². The maximum absolute atomic E-state index is 13.3. The van der Waals surface area contributed by atoms with Gasteiger partial charge in [-0.3, -0.25) is 4.79 Å². The lowest BCUT2D eigenvalue weighted by molar-refractivity contribution is -0.138. The third-order valence-electron chi connectivity index (χ3n) is 5.09. The zero-order chi connectivity index (χ0) is 20.9. The van der Waals surface area contributed by atoms with E-state index in [9.17, 15) is 9.18 Å². The highest BCUT2D eigenvalue weighted by Gasteiger charge is 2.26. The monoisotopic (exact) mass is 406 g/mol. The summed E-state index contributed by atoms with van der Waals surface area (Å²) in [6.45, 7) is 4.15. The second-order valence-corrected chi connectivity index (χ2v) is 7.17. The van der Waals surface area contributed by atoms with Gasteiger partial charge in [0.2, 0.25) is 0 Å². The number of benzene rings is 2. The molecular weight excluding hydrogens is 383 g/mol. The quantitative estimate of drug-likeness (QED) is 0.650. The molecule has 0 saturated carbocycles. The largest absolute Gasteiger partial charge is 0.481 e. The predicted octanol–water partition coefficient (Wildman–Crippen LogP) is 3.40. The third kappa shape index (κ3) is 4.56. The summed E-state index contributed by atoms with van der Waals surface area (Å²) in [5.74, 6) is 0.652. The van der Waals surface area contributed by atoms with E-state index in [0.717, 1.165) is 17.1 Å². The summed E-state index contributed by atoms with van der Waals surface area (Å²) in [5.41, 5.74) is 1.86. The Kier molecular flexibility index (Phi) is 5.88. The molecule has 0 N–H and O–H groups in total. The van der Waals surface area contributed by atoms with Gasteiger partial charge in [-0.15, -0.1) is 10.2 Å². The van der Waals surface area contributed by atoms with Crippen molar-refractivity contribution in [3.05, 3.63) is 72.5 Å². The number of anilines is 1. The van der Waals surface area contributed by atoms with Crippen molar-refractivity contribution in [3.8, 4) is 17.0 Å². The lowest BCUT2D eigenvalue weighted by Gasteiger charge is -2.36. The number of rotatable bonds is 5. The van der Waals surface area contributed by atoms with Crippen LogP contribution in [-0.4, -0.2) is 53.3 Å². The van der Waals surface area contributed by atoms with Crippen LogP contribution < -0.4 is 9.64 Å². The second-order valence-electron chi connectivity index (χ2n) is 7.17. The summed E-state index contributed by atoms with van der Waals surface area (Å²) in [5, 5.41) is 8.70. The minimum Gasteiger partial charge on any atom is -0.481 e. The van der Waals surface area contributed by atoms with Gasteiger partial charge in [0, 0.05) is 37.8 Å². The van der Waals surface area contributed by atoms with Gasteiger partial charge in [-0.05, 0) is 31.2 Å². The molecule has 1 atom stereocenters. The van der Waals surface area contributed by atoms with Gasteiger partial charge >= 0.3 is 0 Å². The van der Waals surface area contributed by atoms with E-state index in [4.69, 9.17) is 4.74 Å². The fourth-order valence-electron chi connectivity index (χ4n) is 3.46. The average Bonchev–Trinajstić information content (AvgIpc) is 2.79. The van der Waals surface area contributed by atoms with Gasteiger partial charge < -0.3 is 14.5 Å². The summed E-state index contributed by atoms with van der Waals surface area (Å²) in [6.07, 6.45) is -0.678. The molecule has 7 heteroatoms. The molecule has 6 nitrogen and oxygen atoms in total. The molecule has 0 aliphatic carbocycles. The van der Waals surface area contributed by atoms with Crippen LogP contribution in [0.15, 0.2) is 66.7 Å². The number of piperazine rings is 1. The van der Waals surface area contributed by atoms with E-state index in [1.807, 2.05) is 42.5 Å². The van der Waals surface area contributed by atoms with Gasteiger partial charge in [0.05, 0.1) is 5.69 Å². The van der Waals surface area contributed by atoms with Gasteiger partial charge in [-0.25, -0.2) is 4.39 Å². The first-order valence-electron chi connectivity index (χ1n) is 9.95. The Labute approximate surface area is 174 Å². The summed E-state index contributed by atoms with van der Waals surface area (Å²) < 4.78 is 18.9. The van der Waals surface area contributed by atoms with Crippen molar-refractivity contribution in [1.82, 2.24) is 15.1 Å². The number of carbonyl (C=O) groups excluding carboxylic acids is 1. The van der Waals surface area contributed by atoms with Crippen LogP contribution in [0.1, 0.15) is 6.92 Å². The first kappa shape index (κ1) is 19.8. The van der Waals surface area contributed by atoms with Gasteiger partial charge in [0.25, 0.3) is 5.91 Å². The minimum absolute atomic E-state index is 0.107. The molecule has 1 aliphatic heterocycles. The van der Waals surface area contributed by atoms with Crippen LogP contribution in [0.2, 0.25) is 0 Å². The predicted molar refractivity (Wildman–Crippen MR) is 113 cm³/mol. The molecule has 1 amide bonds. The topological polar surface area (TPSA) is 58.6 Å². The Hall–Kier alpha value is -3.48. The van der Waals surface area contributed by atoms with Crippen molar-refractivity contribution in [2.24, 2.45) is 0 Å². The fraction of sp³-hybridized carbons (Fsp3) is 0.261. The zero-order valence-corrected chi connectivity index (χ0v) is 16.7. The highest BCUT2D eigenvalue weighted by atomic mass is 19.1. The minimum atomic E-state index is -0.678. The number of halogens is 1. The van der Waals surface area contributed by atoms with Gasteiger partial charge in [-0.1, -0.05) is 36.4 Å². The highest BCUT2D eigenvalue weighted by Crippen LogP contribution is 2.20. The zero-order valence-electron chi connectivity index (χ0n) is 16.7. The summed E-state index contributed by atoms with van der Waals surface area (Å²) in [4.78, 5) is 16.6. The van der Waals surface area contributed by atoms with E-state index in [-0.39, 0.29) is 11.7 Å². The molecule has 1 aromatic heterocycles. The summed E-state index contributed by atoms with van der Waals surface area (Å²) in [6, 6.07) is 19.7. The number of carbonyl (C=O) groups is 1. The van der Waals surface area contributed by atoms with Crippen LogP contribution in [0.5, 0.6) is 5.75 Å². The summed E-state index contributed by atoms with van der Waals surface area (Å²) in [7, 11) is 0. The number of ether oxygens (including phenoxy) is 1. The van der Waals surface area contributed by atoms with Crippen molar-refractivity contribution in [1.29, 1.82) is 0 Å². The number of amides is 1. The maximum atomic E-state index is 13.3. The van der Waals surface area contributed by atoms with Crippen LogP contribution in [0, 0.1) is 5.82 Å². The molecule has 0 radical (unpaired) electrons. The van der Waals surface area contributed by atoms with Gasteiger partial charge in [0.1, 0.15) is 11.6 Å². The van der Waals surface area contributed by atoms with Crippen molar-refractivity contribution in [2.45, 2.75) is 13.0 Å². The van der Waals surface area contributed by atoms with Crippen LogP contribution in [0.25, 0.3) is 11.3 Å². The molecule has 1 unspecified atom stereocenters. The molecule has 1 aliphatic rings. The molecule has 30 heavy (non-hydrogen) atoms. The summed E-state index contributed by atoms with van der Waals surface area (Å²) >= 11 is 0. The smallest absolute Gasteiger partial charge is 0.263 e. The first-order valence-corrected chi connectivity index (χ1v) is 9.95. The molecule has 2 aromatic carbocycles. The Morgan fingerprint density at radius 2 is 1.73 bits per heavy atom. The van der Waals surface area contributed by atoms with Crippen LogP contribution in [0.3, 0.4) is 0 Å². The van der Waals surface area contributed by atoms with E-state index in [2.05, 4.69) is 15.1 Å². The Morgan fingerprint density at radius 1 is 0.967 bits per heavy atom. The molecule has 2 heterocycles. The van der Waals surface area contributed by atoms with Crippen molar-refractivity contribution >= 4 is 11.7 Å². The number of hydrogen-bond donors (Lipinski definition) is 0. The number of aromatic nitrogens is 2.